The molecule has 0 aliphatic heterocycles. The SMILES string of the molecule is Nc1nc2c(F)c(F)ccc2[nH]1. The van der Waals surface area contributed by atoms with Gasteiger partial charge in [-0.25, -0.2) is 13.8 Å². The van der Waals surface area contributed by atoms with E-state index in [2.05, 4.69) is 9.97 Å². The van der Waals surface area contributed by atoms with Crippen molar-refractivity contribution in [3.05, 3.63) is 23.8 Å². The first-order chi connectivity index (χ1) is 5.68. The van der Waals surface area contributed by atoms with Gasteiger partial charge in [-0.3, -0.25) is 0 Å². The summed E-state index contributed by atoms with van der Waals surface area (Å²) in [5.74, 6) is -1.82. The summed E-state index contributed by atoms with van der Waals surface area (Å²) in [4.78, 5) is 6.17. The molecule has 2 aromatic rings. The number of anilines is 1. The average Bonchev–Trinajstić information content (AvgIpc) is 2.39. The van der Waals surface area contributed by atoms with Crippen LogP contribution in [0.3, 0.4) is 0 Å². The summed E-state index contributed by atoms with van der Waals surface area (Å²) in [6, 6.07) is 2.41. The molecule has 1 aromatic carbocycles. The van der Waals surface area contributed by atoms with Gasteiger partial charge in [-0.15, -0.1) is 0 Å². The Morgan fingerprint density at radius 1 is 1.33 bits per heavy atom. The van der Waals surface area contributed by atoms with Crippen molar-refractivity contribution in [2.75, 3.05) is 5.73 Å². The van der Waals surface area contributed by atoms with Crippen LogP contribution in [0.4, 0.5) is 14.7 Å². The fourth-order valence-electron chi connectivity index (χ4n) is 1.04. The van der Waals surface area contributed by atoms with E-state index in [-0.39, 0.29) is 11.5 Å². The molecule has 12 heavy (non-hydrogen) atoms. The van der Waals surface area contributed by atoms with E-state index in [0.29, 0.717) is 5.52 Å². The van der Waals surface area contributed by atoms with Crippen LogP contribution in [-0.4, -0.2) is 9.97 Å². The molecule has 0 bridgehead atoms. The highest BCUT2D eigenvalue weighted by molar-refractivity contribution is 5.77. The van der Waals surface area contributed by atoms with E-state index in [0.717, 1.165) is 6.07 Å². The molecule has 0 aliphatic carbocycles. The van der Waals surface area contributed by atoms with Gasteiger partial charge >= 0.3 is 0 Å². The van der Waals surface area contributed by atoms with Crippen LogP contribution in [0, 0.1) is 11.6 Å². The van der Waals surface area contributed by atoms with Gasteiger partial charge in [-0.05, 0) is 12.1 Å². The Bertz CT molecular complexity index is 435. The van der Waals surface area contributed by atoms with Gasteiger partial charge < -0.3 is 10.7 Å². The Balaban J connectivity index is 2.89. The lowest BCUT2D eigenvalue weighted by Gasteiger charge is -1.90. The molecule has 0 atom stereocenters. The molecular weight excluding hydrogens is 164 g/mol. The molecule has 3 N–H and O–H groups in total. The molecular formula is C7H5F2N3. The number of aromatic nitrogens is 2. The van der Waals surface area contributed by atoms with Gasteiger partial charge in [0.05, 0.1) is 5.52 Å². The van der Waals surface area contributed by atoms with Gasteiger partial charge in [0.25, 0.3) is 0 Å². The lowest BCUT2D eigenvalue weighted by atomic mass is 10.3. The van der Waals surface area contributed by atoms with Gasteiger partial charge in [0.2, 0.25) is 0 Å². The molecule has 0 saturated heterocycles. The molecule has 0 fully saturated rings. The van der Waals surface area contributed by atoms with E-state index in [1.165, 1.54) is 6.07 Å². The smallest absolute Gasteiger partial charge is 0.198 e. The van der Waals surface area contributed by atoms with Crippen molar-refractivity contribution < 1.29 is 8.78 Å². The second-order valence-corrected chi connectivity index (χ2v) is 2.38. The second-order valence-electron chi connectivity index (χ2n) is 2.38. The highest BCUT2D eigenvalue weighted by Crippen LogP contribution is 2.18. The number of nitrogen functional groups attached to an aromatic ring is 1. The third-order valence-electron chi connectivity index (χ3n) is 1.56. The molecule has 0 amide bonds. The molecule has 0 radical (unpaired) electrons. The first kappa shape index (κ1) is 7.02. The number of fused-ring (bicyclic) bond motifs is 1. The lowest BCUT2D eigenvalue weighted by molar-refractivity contribution is 0.515. The van der Waals surface area contributed by atoms with Crippen molar-refractivity contribution in [2.24, 2.45) is 0 Å². The van der Waals surface area contributed by atoms with Crippen molar-refractivity contribution in [3.8, 4) is 0 Å². The largest absolute Gasteiger partial charge is 0.369 e. The molecule has 0 saturated carbocycles. The lowest BCUT2D eigenvalue weighted by Crippen LogP contribution is -1.85. The van der Waals surface area contributed by atoms with Gasteiger partial charge in [0.1, 0.15) is 5.52 Å². The normalized spacial score (nSPS) is 10.8. The highest BCUT2D eigenvalue weighted by Gasteiger charge is 2.09. The minimum absolute atomic E-state index is 0.0625. The third kappa shape index (κ3) is 0.827. The summed E-state index contributed by atoms with van der Waals surface area (Å²) in [6.07, 6.45) is 0. The predicted molar refractivity (Wildman–Crippen MR) is 40.4 cm³/mol. The van der Waals surface area contributed by atoms with Crippen LogP contribution in [0.5, 0.6) is 0 Å². The fraction of sp³-hybridized carbons (Fsp3) is 0. The number of nitrogens with two attached hydrogens (primary N) is 1. The standard InChI is InChI=1S/C7H5F2N3/c8-3-1-2-4-6(5(3)9)12-7(10)11-4/h1-2H,(H3,10,11,12). The second kappa shape index (κ2) is 2.17. The Morgan fingerprint density at radius 3 is 2.83 bits per heavy atom. The Morgan fingerprint density at radius 2 is 2.08 bits per heavy atom. The van der Waals surface area contributed by atoms with Gasteiger partial charge in [-0.1, -0.05) is 0 Å². The number of aromatic amines is 1. The van der Waals surface area contributed by atoms with Crippen LogP contribution in [0.2, 0.25) is 0 Å². The van der Waals surface area contributed by atoms with Crippen LogP contribution >= 0.6 is 0 Å². The minimum Gasteiger partial charge on any atom is -0.369 e. The third-order valence-corrected chi connectivity index (χ3v) is 1.56. The van der Waals surface area contributed by atoms with Crippen molar-refractivity contribution in [1.82, 2.24) is 9.97 Å². The van der Waals surface area contributed by atoms with E-state index in [9.17, 15) is 8.78 Å². The molecule has 0 unspecified atom stereocenters. The zero-order valence-corrected chi connectivity index (χ0v) is 5.94. The van der Waals surface area contributed by atoms with E-state index in [1.54, 1.807) is 0 Å². The molecule has 2 rings (SSSR count). The highest BCUT2D eigenvalue weighted by atomic mass is 19.2. The molecule has 1 aromatic heterocycles. The zero-order chi connectivity index (χ0) is 8.72. The minimum atomic E-state index is -0.972. The summed E-state index contributed by atoms with van der Waals surface area (Å²) in [7, 11) is 0. The fourth-order valence-corrected chi connectivity index (χ4v) is 1.04. The molecule has 0 aliphatic rings. The number of rotatable bonds is 0. The molecule has 62 valence electrons. The number of H-pyrrole nitrogens is 1. The average molecular weight is 169 g/mol. The molecule has 5 heteroatoms. The number of imidazole rings is 1. The first-order valence-electron chi connectivity index (χ1n) is 3.27. The van der Waals surface area contributed by atoms with Gasteiger partial charge in [0, 0.05) is 0 Å². The van der Waals surface area contributed by atoms with Crippen molar-refractivity contribution >= 4 is 17.0 Å². The maximum atomic E-state index is 12.9. The maximum Gasteiger partial charge on any atom is 0.198 e. The number of nitrogens with one attached hydrogen (secondary N) is 1. The Hall–Kier alpha value is -1.65. The monoisotopic (exact) mass is 169 g/mol. The Labute approximate surface area is 66.2 Å². The van der Waals surface area contributed by atoms with Crippen LogP contribution in [0.25, 0.3) is 11.0 Å². The van der Waals surface area contributed by atoms with E-state index < -0.39 is 11.6 Å². The number of benzene rings is 1. The van der Waals surface area contributed by atoms with Crippen molar-refractivity contribution in [2.45, 2.75) is 0 Å². The van der Waals surface area contributed by atoms with E-state index in [4.69, 9.17) is 5.73 Å². The molecule has 1 heterocycles. The van der Waals surface area contributed by atoms with Crippen LogP contribution in [0.15, 0.2) is 12.1 Å². The van der Waals surface area contributed by atoms with E-state index in [1.807, 2.05) is 0 Å². The van der Waals surface area contributed by atoms with Gasteiger partial charge in [-0.2, -0.15) is 0 Å². The number of hydrogen-bond acceptors (Lipinski definition) is 2. The summed E-state index contributed by atoms with van der Waals surface area (Å²) in [5.41, 5.74) is 5.59. The Kier molecular flexibility index (Phi) is 1.27. The summed E-state index contributed by atoms with van der Waals surface area (Å²) in [6.45, 7) is 0. The predicted octanol–water partition coefficient (Wildman–Crippen LogP) is 1.42. The summed E-state index contributed by atoms with van der Waals surface area (Å²) < 4.78 is 25.5. The van der Waals surface area contributed by atoms with E-state index >= 15 is 0 Å². The first-order valence-corrected chi connectivity index (χ1v) is 3.27. The van der Waals surface area contributed by atoms with Crippen molar-refractivity contribution in [3.63, 3.8) is 0 Å². The molecule has 3 nitrogen and oxygen atoms in total. The van der Waals surface area contributed by atoms with Crippen LogP contribution < -0.4 is 5.73 Å². The van der Waals surface area contributed by atoms with Crippen LogP contribution in [-0.2, 0) is 0 Å². The van der Waals surface area contributed by atoms with Crippen LogP contribution in [0.1, 0.15) is 0 Å². The van der Waals surface area contributed by atoms with Crippen molar-refractivity contribution in [1.29, 1.82) is 0 Å². The summed E-state index contributed by atoms with van der Waals surface area (Å²) in [5, 5.41) is 0. The number of nitrogens with zero attached hydrogens (tertiary/aromatic N) is 1. The maximum absolute atomic E-state index is 12.9. The zero-order valence-electron chi connectivity index (χ0n) is 5.94. The quantitative estimate of drug-likeness (QED) is 0.626. The number of hydrogen-bond donors (Lipinski definition) is 2. The topological polar surface area (TPSA) is 54.7 Å². The number of halogens is 2. The summed E-state index contributed by atoms with van der Waals surface area (Å²) >= 11 is 0. The molecule has 0 spiro atoms. The van der Waals surface area contributed by atoms with Gasteiger partial charge in [0.15, 0.2) is 17.6 Å².